The molecule has 0 amide bonds. The molecule has 2 aromatic heterocycles. The number of nitrogens with one attached hydrogen (secondary N) is 1. The second-order valence-electron chi connectivity index (χ2n) is 7.07. The van der Waals surface area contributed by atoms with Crippen molar-refractivity contribution in [3.05, 3.63) is 36.0 Å². The number of aryl methyl sites for hydroxylation is 1. The van der Waals surface area contributed by atoms with Gasteiger partial charge in [0.05, 0.1) is 11.7 Å². The van der Waals surface area contributed by atoms with Crippen molar-refractivity contribution in [2.45, 2.75) is 6.92 Å². The summed E-state index contributed by atoms with van der Waals surface area (Å²) in [5.74, 6) is 1.76. The maximum Gasteiger partial charge on any atom is 0.178 e. The van der Waals surface area contributed by atoms with Gasteiger partial charge in [-0.2, -0.15) is 0 Å². The first-order valence-corrected chi connectivity index (χ1v) is 9.28. The Hall–Kier alpha value is -2.64. The summed E-state index contributed by atoms with van der Waals surface area (Å²) in [5.41, 5.74) is 3.08. The van der Waals surface area contributed by atoms with E-state index in [1.165, 1.54) is 6.20 Å². The van der Waals surface area contributed by atoms with Gasteiger partial charge < -0.3 is 19.7 Å². The van der Waals surface area contributed by atoms with E-state index in [0.29, 0.717) is 12.3 Å². The molecule has 0 atom stereocenters. The van der Waals surface area contributed by atoms with Crippen molar-refractivity contribution < 1.29 is 9.84 Å². The van der Waals surface area contributed by atoms with Crippen LogP contribution in [0, 0.1) is 6.92 Å². The Bertz CT molecular complexity index is 914. The van der Waals surface area contributed by atoms with Crippen LogP contribution < -0.4 is 4.74 Å². The summed E-state index contributed by atoms with van der Waals surface area (Å²) in [5, 5.41) is 9.79. The third kappa shape index (κ3) is 3.89. The number of imidazole rings is 1. The van der Waals surface area contributed by atoms with Gasteiger partial charge in [0.1, 0.15) is 23.9 Å². The number of ether oxygens (including phenoxy) is 1. The summed E-state index contributed by atoms with van der Waals surface area (Å²) < 4.78 is 5.89. The number of aromatic nitrogens is 3. The van der Waals surface area contributed by atoms with E-state index in [9.17, 15) is 5.11 Å². The summed E-state index contributed by atoms with van der Waals surface area (Å²) in [6, 6.07) is 7.89. The van der Waals surface area contributed by atoms with Crippen LogP contribution in [0.2, 0.25) is 0 Å². The van der Waals surface area contributed by atoms with E-state index >= 15 is 0 Å². The average molecular weight is 367 g/mol. The number of fused-ring (bicyclic) bond motifs is 1. The highest BCUT2D eigenvalue weighted by Gasteiger charge is 2.13. The Morgan fingerprint density at radius 1 is 1.15 bits per heavy atom. The first-order valence-electron chi connectivity index (χ1n) is 9.28. The number of pyridine rings is 1. The highest BCUT2D eigenvalue weighted by molar-refractivity contribution is 5.80. The van der Waals surface area contributed by atoms with Crippen LogP contribution in [-0.2, 0) is 0 Å². The van der Waals surface area contributed by atoms with Gasteiger partial charge in [-0.15, -0.1) is 0 Å². The van der Waals surface area contributed by atoms with E-state index in [1.807, 2.05) is 31.2 Å². The minimum atomic E-state index is 0.168. The van der Waals surface area contributed by atoms with Crippen molar-refractivity contribution in [3.8, 4) is 22.9 Å². The third-order valence-electron chi connectivity index (χ3n) is 5.15. The second-order valence-corrected chi connectivity index (χ2v) is 7.07. The molecule has 3 aromatic rings. The van der Waals surface area contributed by atoms with E-state index in [1.54, 1.807) is 0 Å². The standard InChI is InChI=1S/C20H25N5O2/c1-14-17(26)13-21-20-18(14)22-19(23-20)15-3-5-16(6-4-15)27-12-11-25-9-7-24(2)8-10-25/h3-6,13,26H,7-12H2,1-2H3,(H,21,22,23). The van der Waals surface area contributed by atoms with Crippen LogP contribution in [0.3, 0.4) is 0 Å². The lowest BCUT2D eigenvalue weighted by Gasteiger charge is -2.32. The molecule has 7 heteroatoms. The SMILES string of the molecule is Cc1c(O)cnc2nc(-c3ccc(OCCN4CCN(C)CC4)cc3)[nH]c12. The summed E-state index contributed by atoms with van der Waals surface area (Å²) in [4.78, 5) is 16.7. The largest absolute Gasteiger partial charge is 0.506 e. The lowest BCUT2D eigenvalue weighted by atomic mass is 10.2. The smallest absolute Gasteiger partial charge is 0.178 e. The second kappa shape index (κ2) is 7.54. The predicted octanol–water partition coefficient (Wildman–Crippen LogP) is 2.27. The first kappa shape index (κ1) is 17.8. The molecule has 142 valence electrons. The van der Waals surface area contributed by atoms with Crippen molar-refractivity contribution in [2.24, 2.45) is 0 Å². The molecule has 1 aliphatic heterocycles. The fraction of sp³-hybridized carbons (Fsp3) is 0.400. The Morgan fingerprint density at radius 2 is 1.89 bits per heavy atom. The quantitative estimate of drug-likeness (QED) is 0.720. The van der Waals surface area contributed by atoms with Crippen LogP contribution >= 0.6 is 0 Å². The lowest BCUT2D eigenvalue weighted by Crippen LogP contribution is -2.45. The van der Waals surface area contributed by atoms with Gasteiger partial charge in [0.2, 0.25) is 0 Å². The van der Waals surface area contributed by atoms with Crippen LogP contribution in [0.15, 0.2) is 30.5 Å². The number of aromatic hydroxyl groups is 1. The van der Waals surface area contributed by atoms with Gasteiger partial charge in [-0.05, 0) is 38.2 Å². The number of H-pyrrole nitrogens is 1. The van der Waals surface area contributed by atoms with Gasteiger partial charge in [0.15, 0.2) is 5.65 Å². The average Bonchev–Trinajstić information content (AvgIpc) is 3.12. The third-order valence-corrected chi connectivity index (χ3v) is 5.15. The summed E-state index contributed by atoms with van der Waals surface area (Å²) in [7, 11) is 2.16. The zero-order valence-electron chi connectivity index (χ0n) is 15.8. The van der Waals surface area contributed by atoms with Crippen molar-refractivity contribution in [3.63, 3.8) is 0 Å². The van der Waals surface area contributed by atoms with Crippen LogP contribution in [0.1, 0.15) is 5.56 Å². The van der Waals surface area contributed by atoms with Crippen molar-refractivity contribution in [2.75, 3.05) is 46.4 Å². The molecule has 1 saturated heterocycles. The molecule has 0 aliphatic carbocycles. The van der Waals surface area contributed by atoms with E-state index in [-0.39, 0.29) is 5.75 Å². The number of piperazine rings is 1. The predicted molar refractivity (Wildman–Crippen MR) is 105 cm³/mol. The number of likely N-dealkylation sites (N-methyl/N-ethyl adjacent to an activating group) is 1. The minimum Gasteiger partial charge on any atom is -0.506 e. The molecule has 1 aliphatic rings. The fourth-order valence-electron chi connectivity index (χ4n) is 3.28. The van der Waals surface area contributed by atoms with Crippen molar-refractivity contribution >= 4 is 11.2 Å². The van der Waals surface area contributed by atoms with Gasteiger partial charge in [0.25, 0.3) is 0 Å². The molecule has 3 heterocycles. The number of hydrogen-bond donors (Lipinski definition) is 2. The summed E-state index contributed by atoms with van der Waals surface area (Å²) in [6.45, 7) is 7.95. The molecule has 7 nitrogen and oxygen atoms in total. The Morgan fingerprint density at radius 3 is 2.63 bits per heavy atom. The van der Waals surface area contributed by atoms with E-state index in [2.05, 4.69) is 31.8 Å². The fourth-order valence-corrected chi connectivity index (χ4v) is 3.28. The molecule has 1 fully saturated rings. The molecule has 2 N–H and O–H groups in total. The number of rotatable bonds is 5. The number of nitrogens with zero attached hydrogens (tertiary/aromatic N) is 4. The molecule has 27 heavy (non-hydrogen) atoms. The lowest BCUT2D eigenvalue weighted by molar-refractivity contribution is 0.134. The minimum absolute atomic E-state index is 0.168. The first-order chi connectivity index (χ1) is 13.1. The molecule has 0 bridgehead atoms. The maximum absolute atomic E-state index is 9.79. The Labute approximate surface area is 158 Å². The van der Waals surface area contributed by atoms with Crippen molar-refractivity contribution in [1.82, 2.24) is 24.8 Å². The molecule has 0 spiro atoms. The highest BCUT2D eigenvalue weighted by Crippen LogP contribution is 2.26. The van der Waals surface area contributed by atoms with E-state index < -0.39 is 0 Å². The van der Waals surface area contributed by atoms with Crippen LogP contribution in [-0.4, -0.2) is 76.2 Å². The van der Waals surface area contributed by atoms with Gasteiger partial charge in [-0.3, -0.25) is 4.90 Å². The highest BCUT2D eigenvalue weighted by atomic mass is 16.5. The van der Waals surface area contributed by atoms with Crippen LogP contribution in [0.5, 0.6) is 11.5 Å². The number of aromatic amines is 1. The monoisotopic (exact) mass is 367 g/mol. The summed E-state index contributed by atoms with van der Waals surface area (Å²) >= 11 is 0. The van der Waals surface area contributed by atoms with Gasteiger partial charge >= 0.3 is 0 Å². The topological polar surface area (TPSA) is 77.5 Å². The van der Waals surface area contributed by atoms with Crippen LogP contribution in [0.25, 0.3) is 22.6 Å². The molecule has 0 saturated carbocycles. The number of benzene rings is 1. The molecule has 1 aromatic carbocycles. The molecule has 0 unspecified atom stereocenters. The molecule has 0 radical (unpaired) electrons. The number of hydrogen-bond acceptors (Lipinski definition) is 6. The summed E-state index contributed by atoms with van der Waals surface area (Å²) in [6.07, 6.45) is 1.43. The zero-order valence-corrected chi connectivity index (χ0v) is 15.8. The Kier molecular flexibility index (Phi) is 4.96. The zero-order chi connectivity index (χ0) is 18.8. The molecular formula is C20H25N5O2. The van der Waals surface area contributed by atoms with E-state index in [0.717, 1.165) is 60.9 Å². The Balaban J connectivity index is 1.38. The molecular weight excluding hydrogens is 342 g/mol. The van der Waals surface area contributed by atoms with Gasteiger partial charge in [-0.25, -0.2) is 9.97 Å². The molecule has 4 rings (SSSR count). The normalized spacial score (nSPS) is 16.1. The van der Waals surface area contributed by atoms with Gasteiger partial charge in [0, 0.05) is 43.9 Å². The van der Waals surface area contributed by atoms with Crippen molar-refractivity contribution in [1.29, 1.82) is 0 Å². The van der Waals surface area contributed by atoms with Crippen LogP contribution in [0.4, 0.5) is 0 Å². The van der Waals surface area contributed by atoms with Gasteiger partial charge in [-0.1, -0.05) is 0 Å². The van der Waals surface area contributed by atoms with E-state index in [4.69, 9.17) is 4.74 Å². The maximum atomic E-state index is 9.79.